The second kappa shape index (κ2) is 9.59. The molecule has 0 radical (unpaired) electrons. The first-order valence-corrected chi connectivity index (χ1v) is 9.47. The van der Waals surface area contributed by atoms with Crippen LogP contribution in [0.5, 0.6) is 5.88 Å². The summed E-state index contributed by atoms with van der Waals surface area (Å²) in [5, 5.41) is 0.973. The average molecular weight is 393 g/mol. The van der Waals surface area contributed by atoms with Crippen LogP contribution in [0.25, 0.3) is 17.0 Å². The van der Waals surface area contributed by atoms with Gasteiger partial charge in [0.1, 0.15) is 0 Å². The van der Waals surface area contributed by atoms with E-state index in [4.69, 9.17) is 14.2 Å². The van der Waals surface area contributed by atoms with Gasteiger partial charge in [-0.05, 0) is 37.1 Å². The normalized spacial score (nSPS) is 11.0. The van der Waals surface area contributed by atoms with Crippen molar-refractivity contribution in [2.75, 3.05) is 13.2 Å². The molecule has 1 aromatic heterocycles. The maximum Gasteiger partial charge on any atom is 0.515 e. The fourth-order valence-electron chi connectivity index (χ4n) is 2.94. The molecule has 3 rings (SSSR count). The van der Waals surface area contributed by atoms with E-state index < -0.39 is 6.16 Å². The molecule has 3 aromatic rings. The van der Waals surface area contributed by atoms with Crippen LogP contribution in [-0.4, -0.2) is 29.9 Å². The lowest BCUT2D eigenvalue weighted by Gasteiger charge is -2.11. The Bertz CT molecular complexity index is 1020. The van der Waals surface area contributed by atoms with Crippen molar-refractivity contribution in [3.8, 4) is 5.88 Å². The smallest absolute Gasteiger partial charge is 0.463 e. The zero-order valence-corrected chi connectivity index (χ0v) is 16.5. The zero-order chi connectivity index (χ0) is 20.6. The first kappa shape index (κ1) is 20.2. The van der Waals surface area contributed by atoms with Crippen LogP contribution in [0.3, 0.4) is 0 Å². The summed E-state index contributed by atoms with van der Waals surface area (Å²) >= 11 is 0. The molecule has 0 saturated heterocycles. The van der Waals surface area contributed by atoms with Crippen molar-refractivity contribution in [3.63, 3.8) is 0 Å². The molecule has 6 nitrogen and oxygen atoms in total. The van der Waals surface area contributed by atoms with Crippen LogP contribution in [-0.2, 0) is 20.8 Å². The lowest BCUT2D eigenvalue weighted by molar-refractivity contribution is -0.137. The van der Waals surface area contributed by atoms with Gasteiger partial charge in [0.2, 0.25) is 5.88 Å². The van der Waals surface area contributed by atoms with Crippen LogP contribution in [0.15, 0.2) is 60.7 Å². The van der Waals surface area contributed by atoms with E-state index in [0.29, 0.717) is 19.0 Å². The Kier molecular flexibility index (Phi) is 6.68. The van der Waals surface area contributed by atoms with Crippen LogP contribution >= 0.6 is 0 Å². The predicted octanol–water partition coefficient (Wildman–Crippen LogP) is 4.80. The number of nitrogens with zero attached hydrogens (tertiary/aromatic N) is 1. The van der Waals surface area contributed by atoms with E-state index in [1.54, 1.807) is 19.9 Å². The van der Waals surface area contributed by atoms with Gasteiger partial charge < -0.3 is 18.8 Å². The number of para-hydroxylation sites is 1. The molecule has 0 fully saturated rings. The third kappa shape index (κ3) is 5.25. The van der Waals surface area contributed by atoms with E-state index in [-0.39, 0.29) is 12.6 Å². The highest BCUT2D eigenvalue weighted by molar-refractivity contribution is 5.87. The molecular formula is C23H23NO5. The van der Waals surface area contributed by atoms with Crippen LogP contribution in [0, 0.1) is 0 Å². The van der Waals surface area contributed by atoms with Gasteiger partial charge in [-0.1, -0.05) is 42.5 Å². The number of aromatic nitrogens is 1. The fourth-order valence-corrected chi connectivity index (χ4v) is 2.94. The molecule has 0 aliphatic heterocycles. The summed E-state index contributed by atoms with van der Waals surface area (Å²) in [7, 11) is 0. The second-order valence-electron chi connectivity index (χ2n) is 6.24. The number of ether oxygens (including phenoxy) is 3. The summed E-state index contributed by atoms with van der Waals surface area (Å²) < 4.78 is 17.1. The van der Waals surface area contributed by atoms with Gasteiger partial charge in [-0.3, -0.25) is 0 Å². The summed E-state index contributed by atoms with van der Waals surface area (Å²) in [6.07, 6.45) is 2.39. The Morgan fingerprint density at radius 2 is 1.69 bits per heavy atom. The molecule has 0 amide bonds. The average Bonchev–Trinajstić information content (AvgIpc) is 3.05. The highest BCUT2D eigenvalue weighted by Gasteiger charge is 2.14. The number of benzene rings is 2. The van der Waals surface area contributed by atoms with Crippen LogP contribution < -0.4 is 4.74 Å². The molecule has 0 bridgehead atoms. The molecule has 6 heteroatoms. The van der Waals surface area contributed by atoms with Crippen LogP contribution in [0.1, 0.15) is 25.0 Å². The Labute approximate surface area is 169 Å². The minimum atomic E-state index is -0.726. The van der Waals surface area contributed by atoms with E-state index in [1.165, 1.54) is 6.08 Å². The number of carbonyl (C=O) groups is 2. The Morgan fingerprint density at radius 3 is 2.41 bits per heavy atom. The summed E-state index contributed by atoms with van der Waals surface area (Å²) in [6, 6.07) is 17.4. The van der Waals surface area contributed by atoms with Gasteiger partial charge in [0.05, 0.1) is 25.3 Å². The molecule has 0 N–H and O–H groups in total. The Hall–Kier alpha value is -3.54. The molecule has 0 atom stereocenters. The number of hydrogen-bond acceptors (Lipinski definition) is 5. The van der Waals surface area contributed by atoms with Crippen LogP contribution in [0.4, 0.5) is 4.79 Å². The summed E-state index contributed by atoms with van der Waals surface area (Å²) in [4.78, 5) is 23.2. The molecule has 0 spiro atoms. The molecular weight excluding hydrogens is 370 g/mol. The van der Waals surface area contributed by atoms with E-state index >= 15 is 0 Å². The molecule has 1 heterocycles. The first-order valence-electron chi connectivity index (χ1n) is 9.47. The Balaban J connectivity index is 1.82. The predicted molar refractivity (Wildman–Crippen MR) is 111 cm³/mol. The number of rotatable bonds is 7. The van der Waals surface area contributed by atoms with Gasteiger partial charge in [0.15, 0.2) is 0 Å². The quantitative estimate of drug-likeness (QED) is 0.426. The lowest BCUT2D eigenvalue weighted by atomic mass is 10.1. The molecule has 150 valence electrons. The highest BCUT2D eigenvalue weighted by Crippen LogP contribution is 2.27. The van der Waals surface area contributed by atoms with Crippen molar-refractivity contribution < 1.29 is 23.8 Å². The standard InChI is InChI=1S/C23H23NO5/c1-3-27-22(25)14-13-17-9-11-18(12-10-17)16-24-20-8-6-5-7-19(20)15-21(24)29-23(26)28-4-2/h5-15H,3-4,16H2,1-2H3/b14-13+. The largest absolute Gasteiger partial charge is 0.515 e. The maximum atomic E-state index is 11.8. The number of hydrogen-bond donors (Lipinski definition) is 0. The summed E-state index contributed by atoms with van der Waals surface area (Å²) in [5.74, 6) is 0.0621. The van der Waals surface area contributed by atoms with Crippen molar-refractivity contribution in [2.24, 2.45) is 0 Å². The highest BCUT2D eigenvalue weighted by atomic mass is 16.7. The first-order chi connectivity index (χ1) is 14.1. The van der Waals surface area contributed by atoms with E-state index in [1.807, 2.05) is 59.2 Å². The second-order valence-corrected chi connectivity index (χ2v) is 6.24. The van der Waals surface area contributed by atoms with Crippen molar-refractivity contribution in [2.45, 2.75) is 20.4 Å². The maximum absolute atomic E-state index is 11.8. The van der Waals surface area contributed by atoms with E-state index in [2.05, 4.69) is 0 Å². The molecule has 0 aliphatic rings. The molecule has 0 saturated carbocycles. The summed E-state index contributed by atoms with van der Waals surface area (Å²) in [6.45, 7) is 4.62. The lowest BCUT2D eigenvalue weighted by Crippen LogP contribution is -2.13. The SMILES string of the molecule is CCOC(=O)/C=C/c1ccc(Cn2c(OC(=O)OCC)cc3ccccc32)cc1. The van der Waals surface area contributed by atoms with Gasteiger partial charge >= 0.3 is 12.1 Å². The van der Waals surface area contributed by atoms with Gasteiger partial charge in [-0.2, -0.15) is 0 Å². The third-order valence-corrected chi connectivity index (χ3v) is 4.24. The van der Waals surface area contributed by atoms with E-state index in [0.717, 1.165) is 22.0 Å². The molecule has 0 unspecified atom stereocenters. The number of carbonyl (C=O) groups excluding carboxylic acids is 2. The van der Waals surface area contributed by atoms with Gasteiger partial charge in [0.25, 0.3) is 0 Å². The number of fused-ring (bicyclic) bond motifs is 1. The van der Waals surface area contributed by atoms with E-state index in [9.17, 15) is 9.59 Å². The van der Waals surface area contributed by atoms with Gasteiger partial charge in [0, 0.05) is 17.5 Å². The monoisotopic (exact) mass is 393 g/mol. The van der Waals surface area contributed by atoms with Crippen molar-refractivity contribution in [1.29, 1.82) is 0 Å². The topological polar surface area (TPSA) is 66.8 Å². The van der Waals surface area contributed by atoms with Gasteiger partial charge in [-0.25, -0.2) is 9.59 Å². The van der Waals surface area contributed by atoms with Crippen molar-refractivity contribution >= 4 is 29.1 Å². The third-order valence-electron chi connectivity index (χ3n) is 4.24. The van der Waals surface area contributed by atoms with Crippen LogP contribution in [0.2, 0.25) is 0 Å². The zero-order valence-electron chi connectivity index (χ0n) is 16.5. The van der Waals surface area contributed by atoms with Gasteiger partial charge in [-0.15, -0.1) is 0 Å². The molecule has 2 aromatic carbocycles. The minimum absolute atomic E-state index is 0.250. The summed E-state index contributed by atoms with van der Waals surface area (Å²) in [5.41, 5.74) is 2.87. The molecule has 0 aliphatic carbocycles. The van der Waals surface area contributed by atoms with Crippen molar-refractivity contribution in [1.82, 2.24) is 4.57 Å². The number of esters is 1. The fraction of sp³-hybridized carbons (Fsp3) is 0.217. The molecule has 29 heavy (non-hydrogen) atoms. The Morgan fingerprint density at radius 1 is 0.966 bits per heavy atom. The minimum Gasteiger partial charge on any atom is -0.463 e. The van der Waals surface area contributed by atoms with Crippen molar-refractivity contribution in [3.05, 3.63) is 71.8 Å².